The van der Waals surface area contributed by atoms with Crippen molar-refractivity contribution < 1.29 is 27.4 Å². The second kappa shape index (κ2) is 9.40. The van der Waals surface area contributed by atoms with Crippen molar-refractivity contribution in [3.63, 3.8) is 0 Å². The summed E-state index contributed by atoms with van der Waals surface area (Å²) < 4.78 is 51.3. The summed E-state index contributed by atoms with van der Waals surface area (Å²) in [4.78, 5) is 15.9. The number of nitrogens with zero attached hydrogens (tertiary/aromatic N) is 3. The molecule has 2 heterocycles. The Morgan fingerprint density at radius 1 is 1.00 bits per heavy atom. The minimum Gasteiger partial charge on any atom is -0.493 e. The maximum absolute atomic E-state index is 13.5. The average molecular weight is 483 g/mol. The second-order valence-corrected chi connectivity index (χ2v) is 8.20. The van der Waals surface area contributed by atoms with E-state index in [2.05, 4.69) is 10.1 Å². The van der Waals surface area contributed by atoms with E-state index in [0.717, 1.165) is 17.3 Å². The zero-order valence-corrected chi connectivity index (χ0v) is 19.7. The predicted octanol–water partition coefficient (Wildman–Crippen LogP) is 5.33. The van der Waals surface area contributed by atoms with Crippen LogP contribution in [-0.4, -0.2) is 41.9 Å². The van der Waals surface area contributed by atoms with Crippen LogP contribution in [-0.2, 0) is 17.4 Å². The third kappa shape index (κ3) is 4.71. The lowest BCUT2D eigenvalue weighted by atomic mass is 9.93. The van der Waals surface area contributed by atoms with Crippen LogP contribution in [0.3, 0.4) is 0 Å². The van der Waals surface area contributed by atoms with Gasteiger partial charge in [-0.05, 0) is 42.7 Å². The minimum atomic E-state index is -4.58. The normalized spacial score (nSPS) is 15.7. The lowest BCUT2D eigenvalue weighted by molar-refractivity contribution is -0.140. The molecule has 0 spiro atoms. The number of carbonyl (C=O) groups excluding carboxylic acids is 1. The number of methoxy groups -OCH3 is 2. The lowest BCUT2D eigenvalue weighted by Crippen LogP contribution is -2.33. The Morgan fingerprint density at radius 3 is 2.23 bits per heavy atom. The van der Waals surface area contributed by atoms with Gasteiger partial charge in [-0.1, -0.05) is 30.3 Å². The summed E-state index contributed by atoms with van der Waals surface area (Å²) in [6.07, 6.45) is -2.92. The monoisotopic (exact) mass is 483 g/mol. The highest BCUT2D eigenvalue weighted by atomic mass is 19.4. The summed E-state index contributed by atoms with van der Waals surface area (Å²) in [7, 11) is 3.08. The van der Waals surface area contributed by atoms with Gasteiger partial charge in [0.25, 0.3) is 0 Å². The molecule has 182 valence electrons. The van der Waals surface area contributed by atoms with Crippen molar-refractivity contribution in [1.82, 2.24) is 9.99 Å². The Labute approximate surface area is 201 Å². The van der Waals surface area contributed by atoms with Gasteiger partial charge in [0.2, 0.25) is 5.91 Å². The fourth-order valence-electron chi connectivity index (χ4n) is 4.24. The first kappa shape index (κ1) is 24.3. The van der Waals surface area contributed by atoms with Crippen molar-refractivity contribution in [1.29, 1.82) is 0 Å². The maximum atomic E-state index is 13.5. The van der Waals surface area contributed by atoms with E-state index >= 15 is 0 Å². The number of aromatic nitrogens is 1. The number of hydrazone groups is 1. The summed E-state index contributed by atoms with van der Waals surface area (Å²) in [5.41, 5.74) is 2.22. The Kier molecular flexibility index (Phi) is 6.51. The molecule has 0 bridgehead atoms. The number of benzene rings is 2. The van der Waals surface area contributed by atoms with Crippen molar-refractivity contribution in [2.24, 2.45) is 5.10 Å². The van der Waals surface area contributed by atoms with Crippen LogP contribution >= 0.6 is 0 Å². The van der Waals surface area contributed by atoms with Crippen molar-refractivity contribution >= 4 is 11.6 Å². The van der Waals surface area contributed by atoms with Crippen LogP contribution < -0.4 is 9.47 Å². The molecule has 1 unspecified atom stereocenters. The average Bonchev–Trinajstić information content (AvgIpc) is 2.98. The number of rotatable bonds is 4. The van der Waals surface area contributed by atoms with Gasteiger partial charge in [0.05, 0.1) is 26.0 Å². The molecule has 0 N–H and O–H groups in total. The van der Waals surface area contributed by atoms with Crippen LogP contribution in [0, 0.1) is 0 Å². The van der Waals surface area contributed by atoms with Gasteiger partial charge in [-0.3, -0.25) is 9.78 Å². The van der Waals surface area contributed by atoms with Crippen molar-refractivity contribution in [2.45, 2.75) is 32.5 Å². The fraction of sp³-hybridized carbons (Fsp3) is 0.269. The maximum Gasteiger partial charge on any atom is 0.433 e. The van der Waals surface area contributed by atoms with Gasteiger partial charge < -0.3 is 9.47 Å². The van der Waals surface area contributed by atoms with Crippen LogP contribution in [0.15, 0.2) is 59.8 Å². The minimum absolute atomic E-state index is 0.0138. The number of amides is 1. The summed E-state index contributed by atoms with van der Waals surface area (Å²) >= 11 is 0. The Morgan fingerprint density at radius 2 is 1.63 bits per heavy atom. The first-order valence-electron chi connectivity index (χ1n) is 10.9. The molecule has 0 fully saturated rings. The molecule has 9 heteroatoms. The molecular weight excluding hydrogens is 459 g/mol. The number of hydrogen-bond acceptors (Lipinski definition) is 5. The van der Waals surface area contributed by atoms with Crippen LogP contribution in [0.1, 0.15) is 36.2 Å². The van der Waals surface area contributed by atoms with Crippen LogP contribution in [0.2, 0.25) is 0 Å². The van der Waals surface area contributed by atoms with Gasteiger partial charge in [0.15, 0.2) is 17.2 Å². The number of pyridine rings is 1. The summed E-state index contributed by atoms with van der Waals surface area (Å²) in [5, 5.41) is 6.09. The molecule has 6 nitrogen and oxygen atoms in total. The van der Waals surface area contributed by atoms with E-state index in [0.29, 0.717) is 34.8 Å². The van der Waals surface area contributed by atoms with Gasteiger partial charge in [-0.25, -0.2) is 5.01 Å². The summed E-state index contributed by atoms with van der Waals surface area (Å²) in [5.74, 6) is 0.842. The standard InChI is InChI=1S/C26H24F3N3O3/c1-15-12-19-13-22(34-3)23(35-4)14-21(19)24(31-32(15)16(2)33)18-9-7-17(8-10-18)20-6-5-11-30-25(20)26(27,28)29/h5-11,13-15H,12H2,1-4H3. The van der Waals surface area contributed by atoms with E-state index in [-0.39, 0.29) is 17.5 Å². The zero-order chi connectivity index (χ0) is 25.3. The topological polar surface area (TPSA) is 64.0 Å². The molecule has 35 heavy (non-hydrogen) atoms. The molecule has 0 saturated carbocycles. The molecule has 1 aliphatic heterocycles. The molecule has 1 amide bonds. The molecule has 0 radical (unpaired) electrons. The van der Waals surface area contributed by atoms with E-state index < -0.39 is 11.9 Å². The SMILES string of the molecule is COc1cc2c(cc1OC)C(c1ccc(-c3cccnc3C(F)(F)F)cc1)=NN(C(C)=O)C(C)C2. The molecule has 2 aromatic carbocycles. The number of fused-ring (bicyclic) bond motifs is 1. The quantitative estimate of drug-likeness (QED) is 0.503. The first-order chi connectivity index (χ1) is 16.6. The number of hydrogen-bond donors (Lipinski definition) is 0. The van der Waals surface area contributed by atoms with Gasteiger partial charge in [-0.15, -0.1) is 0 Å². The highest BCUT2D eigenvalue weighted by molar-refractivity contribution is 6.14. The fourth-order valence-corrected chi connectivity index (χ4v) is 4.24. The third-order valence-corrected chi connectivity index (χ3v) is 5.87. The number of alkyl halides is 3. The molecule has 4 rings (SSSR count). The predicted molar refractivity (Wildman–Crippen MR) is 126 cm³/mol. The Balaban J connectivity index is 1.85. The summed E-state index contributed by atoms with van der Waals surface area (Å²) in [6, 6.07) is 12.9. The van der Waals surface area contributed by atoms with Gasteiger partial charge in [0.1, 0.15) is 0 Å². The molecule has 1 atom stereocenters. The largest absolute Gasteiger partial charge is 0.493 e. The van der Waals surface area contributed by atoms with Gasteiger partial charge in [0, 0.05) is 29.8 Å². The van der Waals surface area contributed by atoms with Crippen molar-refractivity contribution in [3.05, 3.63) is 77.1 Å². The van der Waals surface area contributed by atoms with Crippen LogP contribution in [0.4, 0.5) is 13.2 Å². The van der Waals surface area contributed by atoms with E-state index in [9.17, 15) is 18.0 Å². The number of ether oxygens (including phenoxy) is 2. The highest BCUT2D eigenvalue weighted by Crippen LogP contribution is 2.37. The van der Waals surface area contributed by atoms with E-state index in [1.54, 1.807) is 37.4 Å². The van der Waals surface area contributed by atoms with Gasteiger partial charge in [-0.2, -0.15) is 18.3 Å². The molecule has 3 aromatic rings. The van der Waals surface area contributed by atoms with Crippen LogP contribution in [0.5, 0.6) is 11.5 Å². The van der Waals surface area contributed by atoms with Gasteiger partial charge >= 0.3 is 6.18 Å². The molecular formula is C26H24F3N3O3. The second-order valence-electron chi connectivity index (χ2n) is 8.20. The van der Waals surface area contributed by atoms with E-state index in [1.165, 1.54) is 31.2 Å². The zero-order valence-electron chi connectivity index (χ0n) is 19.7. The lowest BCUT2D eigenvalue weighted by Gasteiger charge is -2.21. The Bertz CT molecular complexity index is 1290. The van der Waals surface area contributed by atoms with Crippen molar-refractivity contribution in [3.8, 4) is 22.6 Å². The Hall–Kier alpha value is -3.88. The first-order valence-corrected chi connectivity index (χ1v) is 10.9. The number of halogens is 3. The molecule has 0 saturated heterocycles. The van der Waals surface area contributed by atoms with Crippen molar-refractivity contribution in [2.75, 3.05) is 14.2 Å². The molecule has 1 aliphatic rings. The number of carbonyl (C=O) groups is 1. The molecule has 0 aliphatic carbocycles. The van der Waals surface area contributed by atoms with E-state index in [4.69, 9.17) is 9.47 Å². The summed E-state index contributed by atoms with van der Waals surface area (Å²) in [6.45, 7) is 3.34. The van der Waals surface area contributed by atoms with Crippen LogP contribution in [0.25, 0.3) is 11.1 Å². The van der Waals surface area contributed by atoms with E-state index in [1.807, 2.05) is 13.0 Å². The highest BCUT2D eigenvalue weighted by Gasteiger charge is 2.35. The third-order valence-electron chi connectivity index (χ3n) is 5.87. The molecule has 1 aromatic heterocycles. The smallest absolute Gasteiger partial charge is 0.433 e.